The maximum atomic E-state index is 11.4. The summed E-state index contributed by atoms with van der Waals surface area (Å²) in [6.07, 6.45) is 7.30. The summed E-state index contributed by atoms with van der Waals surface area (Å²) in [4.78, 5) is 16.8. The highest BCUT2D eigenvalue weighted by Gasteiger charge is 2.09. The Hall–Kier alpha value is -3.31. The van der Waals surface area contributed by atoms with E-state index in [1.165, 1.54) is 12.5 Å². The smallest absolute Gasteiger partial charge is 0.229 e. The van der Waals surface area contributed by atoms with Gasteiger partial charge in [-0.3, -0.25) is 14.7 Å². The van der Waals surface area contributed by atoms with E-state index in [2.05, 4.69) is 36.5 Å². The molecule has 0 aromatic carbocycles. The van der Waals surface area contributed by atoms with Crippen LogP contribution in [0.2, 0.25) is 0 Å². The lowest BCUT2D eigenvalue weighted by molar-refractivity contribution is 0.607. The van der Waals surface area contributed by atoms with Crippen LogP contribution in [0.15, 0.2) is 43.1 Å². The number of hydrogen-bond donors (Lipinski definition) is 1. The first kappa shape index (κ1) is 18.5. The van der Waals surface area contributed by atoms with Crippen molar-refractivity contribution < 1.29 is 8.42 Å². The maximum Gasteiger partial charge on any atom is 0.229 e. The number of rotatable bonds is 3. The van der Waals surface area contributed by atoms with Gasteiger partial charge in [0.25, 0.3) is 0 Å². The Morgan fingerprint density at radius 1 is 1.04 bits per heavy atom. The molecule has 0 spiro atoms. The lowest BCUT2D eigenvalue weighted by atomic mass is 10.0. The molecule has 8 heteroatoms. The first-order valence-electron chi connectivity index (χ1n) is 8.01. The van der Waals surface area contributed by atoms with Crippen LogP contribution in [-0.4, -0.2) is 34.6 Å². The van der Waals surface area contributed by atoms with E-state index in [1.807, 2.05) is 26.0 Å². The standard InChI is InChI=1S/C19H17N5O2S/c1-13-8-16(6-7-21-13)19-18(14(2)22-12-23-19)5-4-15-9-17(11-20-10-15)24-27(3,25)26/h6-12,24H,1-3H3. The summed E-state index contributed by atoms with van der Waals surface area (Å²) >= 11 is 0. The van der Waals surface area contributed by atoms with Crippen LogP contribution in [-0.2, 0) is 10.0 Å². The summed E-state index contributed by atoms with van der Waals surface area (Å²) < 4.78 is 25.1. The zero-order valence-corrected chi connectivity index (χ0v) is 15.9. The van der Waals surface area contributed by atoms with Crippen molar-refractivity contribution in [1.29, 1.82) is 0 Å². The number of sulfonamides is 1. The summed E-state index contributed by atoms with van der Waals surface area (Å²) in [6.45, 7) is 3.78. The van der Waals surface area contributed by atoms with E-state index in [0.29, 0.717) is 16.8 Å². The molecule has 3 aromatic rings. The maximum absolute atomic E-state index is 11.4. The molecule has 0 unspecified atom stereocenters. The molecule has 0 aliphatic heterocycles. The minimum atomic E-state index is -3.38. The highest BCUT2D eigenvalue weighted by atomic mass is 32.2. The lowest BCUT2D eigenvalue weighted by Gasteiger charge is -2.06. The molecule has 0 amide bonds. The van der Waals surface area contributed by atoms with Gasteiger partial charge >= 0.3 is 0 Å². The monoisotopic (exact) mass is 379 g/mol. The van der Waals surface area contributed by atoms with Crippen LogP contribution in [0.3, 0.4) is 0 Å². The summed E-state index contributed by atoms with van der Waals surface area (Å²) in [5, 5.41) is 0. The minimum absolute atomic E-state index is 0.357. The number of nitrogens with one attached hydrogen (secondary N) is 1. The number of aromatic nitrogens is 4. The molecule has 1 N–H and O–H groups in total. The third kappa shape index (κ3) is 4.86. The highest BCUT2D eigenvalue weighted by molar-refractivity contribution is 7.92. The Morgan fingerprint density at radius 3 is 2.59 bits per heavy atom. The van der Waals surface area contributed by atoms with Crippen molar-refractivity contribution in [2.75, 3.05) is 11.0 Å². The van der Waals surface area contributed by atoms with E-state index < -0.39 is 10.0 Å². The van der Waals surface area contributed by atoms with Crippen LogP contribution >= 0.6 is 0 Å². The van der Waals surface area contributed by atoms with Gasteiger partial charge in [0.15, 0.2) is 0 Å². The van der Waals surface area contributed by atoms with Gasteiger partial charge in [-0.05, 0) is 32.0 Å². The van der Waals surface area contributed by atoms with Crippen molar-refractivity contribution in [1.82, 2.24) is 19.9 Å². The zero-order chi connectivity index (χ0) is 19.4. The fourth-order valence-corrected chi connectivity index (χ4v) is 2.99. The molecule has 0 saturated carbocycles. The molecule has 0 atom stereocenters. The van der Waals surface area contributed by atoms with Crippen molar-refractivity contribution in [2.24, 2.45) is 0 Å². The van der Waals surface area contributed by atoms with Crippen LogP contribution in [0.4, 0.5) is 5.69 Å². The molecule has 0 aliphatic carbocycles. The third-order valence-electron chi connectivity index (χ3n) is 3.58. The largest absolute Gasteiger partial charge is 0.282 e. The molecule has 3 rings (SSSR count). The Balaban J connectivity index is 2.02. The van der Waals surface area contributed by atoms with E-state index >= 15 is 0 Å². The second-order valence-electron chi connectivity index (χ2n) is 5.96. The fourth-order valence-electron chi connectivity index (χ4n) is 2.45. The first-order valence-corrected chi connectivity index (χ1v) is 9.90. The van der Waals surface area contributed by atoms with E-state index in [9.17, 15) is 8.42 Å². The molecule has 27 heavy (non-hydrogen) atoms. The van der Waals surface area contributed by atoms with Crippen molar-refractivity contribution in [2.45, 2.75) is 13.8 Å². The normalized spacial score (nSPS) is 10.8. The van der Waals surface area contributed by atoms with Crippen molar-refractivity contribution in [3.05, 3.63) is 65.6 Å². The third-order valence-corrected chi connectivity index (χ3v) is 4.19. The van der Waals surface area contributed by atoms with Crippen LogP contribution in [0.25, 0.3) is 11.3 Å². The molecular formula is C19H17N5O2S. The topological polar surface area (TPSA) is 97.7 Å². The average Bonchev–Trinajstić information content (AvgIpc) is 2.59. The summed E-state index contributed by atoms with van der Waals surface area (Å²) in [5.41, 5.74) is 4.89. The van der Waals surface area contributed by atoms with E-state index in [1.54, 1.807) is 18.5 Å². The Morgan fingerprint density at radius 2 is 1.85 bits per heavy atom. The second kappa shape index (κ2) is 7.51. The molecular weight excluding hydrogens is 362 g/mol. The lowest BCUT2D eigenvalue weighted by Crippen LogP contribution is -2.09. The summed E-state index contributed by atoms with van der Waals surface area (Å²) in [7, 11) is -3.38. The van der Waals surface area contributed by atoms with Crippen LogP contribution in [0.1, 0.15) is 22.5 Å². The van der Waals surface area contributed by atoms with Gasteiger partial charge in [-0.2, -0.15) is 0 Å². The fraction of sp³-hybridized carbons (Fsp3) is 0.158. The van der Waals surface area contributed by atoms with E-state index in [0.717, 1.165) is 28.9 Å². The van der Waals surface area contributed by atoms with Gasteiger partial charge in [0.1, 0.15) is 6.33 Å². The molecule has 3 aromatic heterocycles. The van der Waals surface area contributed by atoms with Crippen LogP contribution in [0, 0.1) is 25.7 Å². The van der Waals surface area contributed by atoms with Gasteiger partial charge in [-0.25, -0.2) is 18.4 Å². The number of anilines is 1. The van der Waals surface area contributed by atoms with Gasteiger partial charge in [-0.1, -0.05) is 11.8 Å². The number of nitrogens with zero attached hydrogens (tertiary/aromatic N) is 4. The highest BCUT2D eigenvalue weighted by Crippen LogP contribution is 2.22. The van der Waals surface area contributed by atoms with Gasteiger partial charge in [0.05, 0.1) is 35.1 Å². The quantitative estimate of drug-likeness (QED) is 0.702. The Bertz CT molecular complexity index is 1160. The summed E-state index contributed by atoms with van der Waals surface area (Å²) in [6, 6.07) is 5.43. The molecule has 136 valence electrons. The molecule has 0 bridgehead atoms. The SMILES string of the molecule is Cc1cc(-c2ncnc(C)c2C#Cc2cncc(NS(C)(=O)=O)c2)ccn1. The van der Waals surface area contributed by atoms with Gasteiger partial charge in [0, 0.05) is 29.2 Å². The molecule has 3 heterocycles. The Kier molecular flexibility index (Phi) is 5.14. The molecule has 0 radical (unpaired) electrons. The predicted molar refractivity (Wildman–Crippen MR) is 103 cm³/mol. The molecule has 0 fully saturated rings. The van der Waals surface area contributed by atoms with E-state index in [4.69, 9.17) is 0 Å². The van der Waals surface area contributed by atoms with E-state index in [-0.39, 0.29) is 0 Å². The second-order valence-corrected chi connectivity index (χ2v) is 7.70. The minimum Gasteiger partial charge on any atom is -0.282 e. The zero-order valence-electron chi connectivity index (χ0n) is 15.1. The molecule has 0 saturated heterocycles. The van der Waals surface area contributed by atoms with Crippen LogP contribution in [0.5, 0.6) is 0 Å². The van der Waals surface area contributed by atoms with Crippen molar-refractivity contribution in [3.8, 4) is 23.1 Å². The first-order chi connectivity index (χ1) is 12.8. The Labute approximate surface area is 158 Å². The molecule has 0 aliphatic rings. The number of aryl methyl sites for hydroxylation is 2. The van der Waals surface area contributed by atoms with Gasteiger partial charge in [-0.15, -0.1) is 0 Å². The van der Waals surface area contributed by atoms with Crippen molar-refractivity contribution in [3.63, 3.8) is 0 Å². The molecule has 7 nitrogen and oxygen atoms in total. The van der Waals surface area contributed by atoms with Gasteiger partial charge in [0.2, 0.25) is 10.0 Å². The average molecular weight is 379 g/mol. The summed E-state index contributed by atoms with van der Waals surface area (Å²) in [5.74, 6) is 6.10. The van der Waals surface area contributed by atoms with Crippen LogP contribution < -0.4 is 4.72 Å². The number of pyridine rings is 2. The predicted octanol–water partition coefficient (Wildman–Crippen LogP) is 2.32. The van der Waals surface area contributed by atoms with Gasteiger partial charge < -0.3 is 0 Å². The van der Waals surface area contributed by atoms with Crippen molar-refractivity contribution >= 4 is 15.7 Å². The number of hydrogen-bond acceptors (Lipinski definition) is 6.